The number of hydrogen-bond donors (Lipinski definition) is 2. The van der Waals surface area contributed by atoms with Crippen molar-refractivity contribution in [2.75, 3.05) is 19.8 Å². The molecule has 0 aromatic carbocycles. The van der Waals surface area contributed by atoms with Gasteiger partial charge in [0, 0.05) is 11.6 Å². The number of likely N-dealkylation sites (N-methyl/N-ethyl adjacent to an activating group) is 1. The van der Waals surface area contributed by atoms with E-state index in [0.29, 0.717) is 5.57 Å². The van der Waals surface area contributed by atoms with Crippen molar-refractivity contribution in [1.29, 1.82) is 0 Å². The molecule has 4 heteroatoms. The van der Waals surface area contributed by atoms with E-state index >= 15 is 0 Å². The quantitative estimate of drug-likeness (QED) is 0.480. The first-order valence-corrected chi connectivity index (χ1v) is 4.90. The summed E-state index contributed by atoms with van der Waals surface area (Å²) in [5.41, 5.74) is 0.489. The van der Waals surface area contributed by atoms with E-state index in [1.54, 1.807) is 0 Å². The van der Waals surface area contributed by atoms with Crippen LogP contribution in [0.4, 0.5) is 0 Å². The standard InChI is InChI=1S/C10H20N2O2/c1-5-12(6-2)9(4)8(3)10(14)11-7-13/h9,13H,3,5-7H2,1-2,4H3,(H,11,14). The fourth-order valence-corrected chi connectivity index (χ4v) is 1.37. The van der Waals surface area contributed by atoms with Crippen LogP contribution in [-0.2, 0) is 4.79 Å². The van der Waals surface area contributed by atoms with Crippen LogP contribution in [0.15, 0.2) is 12.2 Å². The number of nitrogens with zero attached hydrogens (tertiary/aromatic N) is 1. The number of amides is 1. The molecule has 0 aliphatic heterocycles. The predicted molar refractivity (Wildman–Crippen MR) is 56.8 cm³/mol. The van der Waals surface area contributed by atoms with Gasteiger partial charge in [-0.25, -0.2) is 0 Å². The van der Waals surface area contributed by atoms with Gasteiger partial charge < -0.3 is 10.4 Å². The fraction of sp³-hybridized carbons (Fsp3) is 0.700. The van der Waals surface area contributed by atoms with Crippen molar-refractivity contribution >= 4 is 5.91 Å². The van der Waals surface area contributed by atoms with Crippen molar-refractivity contribution in [3.8, 4) is 0 Å². The van der Waals surface area contributed by atoms with Crippen molar-refractivity contribution in [3.05, 3.63) is 12.2 Å². The van der Waals surface area contributed by atoms with Gasteiger partial charge >= 0.3 is 0 Å². The lowest BCUT2D eigenvalue weighted by molar-refractivity contribution is -0.119. The van der Waals surface area contributed by atoms with E-state index in [9.17, 15) is 4.79 Å². The number of carbonyl (C=O) groups excluding carboxylic acids is 1. The van der Waals surface area contributed by atoms with Crippen molar-refractivity contribution < 1.29 is 9.90 Å². The normalized spacial score (nSPS) is 12.6. The summed E-state index contributed by atoms with van der Waals surface area (Å²) in [6, 6.07) is 0.0107. The van der Waals surface area contributed by atoms with E-state index in [0.717, 1.165) is 13.1 Å². The zero-order valence-corrected chi connectivity index (χ0v) is 9.21. The molecule has 1 amide bonds. The van der Waals surface area contributed by atoms with E-state index in [2.05, 4.69) is 16.8 Å². The molecule has 2 N–H and O–H groups in total. The Kier molecular flexibility index (Phi) is 6.16. The lowest BCUT2D eigenvalue weighted by Crippen LogP contribution is -2.39. The monoisotopic (exact) mass is 200 g/mol. The highest BCUT2D eigenvalue weighted by molar-refractivity contribution is 5.93. The number of rotatable bonds is 6. The highest BCUT2D eigenvalue weighted by atomic mass is 16.3. The van der Waals surface area contributed by atoms with Gasteiger partial charge in [0.05, 0.1) is 0 Å². The Bertz CT molecular complexity index is 200. The first-order valence-electron chi connectivity index (χ1n) is 4.90. The van der Waals surface area contributed by atoms with E-state index in [-0.39, 0.29) is 18.7 Å². The highest BCUT2D eigenvalue weighted by Gasteiger charge is 2.18. The van der Waals surface area contributed by atoms with Crippen LogP contribution in [0.5, 0.6) is 0 Å². The van der Waals surface area contributed by atoms with Gasteiger partial charge in [-0.15, -0.1) is 0 Å². The van der Waals surface area contributed by atoms with Crippen LogP contribution < -0.4 is 5.32 Å². The molecule has 0 aromatic rings. The van der Waals surface area contributed by atoms with E-state index < -0.39 is 0 Å². The Morgan fingerprint density at radius 1 is 1.50 bits per heavy atom. The second-order valence-corrected chi connectivity index (χ2v) is 3.09. The van der Waals surface area contributed by atoms with Crippen LogP contribution in [0.2, 0.25) is 0 Å². The summed E-state index contributed by atoms with van der Waals surface area (Å²) >= 11 is 0. The molecule has 0 aromatic heterocycles. The number of aliphatic hydroxyl groups is 1. The summed E-state index contributed by atoms with van der Waals surface area (Å²) in [6.07, 6.45) is 0. The largest absolute Gasteiger partial charge is 0.376 e. The van der Waals surface area contributed by atoms with Gasteiger partial charge in [-0.2, -0.15) is 0 Å². The molecule has 0 rings (SSSR count). The second-order valence-electron chi connectivity index (χ2n) is 3.09. The van der Waals surface area contributed by atoms with Gasteiger partial charge in [-0.1, -0.05) is 20.4 Å². The van der Waals surface area contributed by atoms with Gasteiger partial charge in [0.15, 0.2) is 0 Å². The van der Waals surface area contributed by atoms with E-state index in [1.807, 2.05) is 20.8 Å². The second kappa shape index (κ2) is 6.56. The van der Waals surface area contributed by atoms with Crippen LogP contribution >= 0.6 is 0 Å². The topological polar surface area (TPSA) is 52.6 Å². The van der Waals surface area contributed by atoms with Gasteiger partial charge in [0.1, 0.15) is 6.73 Å². The van der Waals surface area contributed by atoms with Gasteiger partial charge in [0.25, 0.3) is 0 Å². The molecule has 0 radical (unpaired) electrons. The Labute approximate surface area is 85.6 Å². The number of hydrogen-bond acceptors (Lipinski definition) is 3. The van der Waals surface area contributed by atoms with Crippen molar-refractivity contribution in [2.45, 2.75) is 26.8 Å². The minimum absolute atomic E-state index is 0.0107. The molecule has 0 saturated heterocycles. The van der Waals surface area contributed by atoms with E-state index in [1.165, 1.54) is 0 Å². The molecule has 4 nitrogen and oxygen atoms in total. The van der Waals surface area contributed by atoms with Gasteiger partial charge in [-0.3, -0.25) is 9.69 Å². The molecular formula is C10H20N2O2. The van der Waals surface area contributed by atoms with Crippen LogP contribution in [0.1, 0.15) is 20.8 Å². The third-order valence-electron chi connectivity index (χ3n) is 2.40. The Morgan fingerprint density at radius 3 is 2.36 bits per heavy atom. The van der Waals surface area contributed by atoms with Crippen molar-refractivity contribution in [3.63, 3.8) is 0 Å². The molecule has 0 spiro atoms. The zero-order valence-electron chi connectivity index (χ0n) is 9.21. The van der Waals surface area contributed by atoms with Crippen molar-refractivity contribution in [1.82, 2.24) is 10.2 Å². The Balaban J connectivity index is 4.29. The predicted octanol–water partition coefficient (Wildman–Crippen LogP) is 0.339. The molecule has 14 heavy (non-hydrogen) atoms. The third kappa shape index (κ3) is 3.47. The lowest BCUT2D eigenvalue weighted by Gasteiger charge is -2.27. The first-order chi connectivity index (χ1) is 6.58. The molecule has 0 aliphatic carbocycles. The molecule has 0 bridgehead atoms. The smallest absolute Gasteiger partial charge is 0.249 e. The maximum atomic E-state index is 11.3. The minimum atomic E-state index is -0.344. The minimum Gasteiger partial charge on any atom is -0.376 e. The lowest BCUT2D eigenvalue weighted by atomic mass is 10.1. The molecule has 82 valence electrons. The molecule has 1 atom stereocenters. The number of aliphatic hydroxyl groups excluding tert-OH is 1. The van der Waals surface area contributed by atoms with Crippen LogP contribution in [0.3, 0.4) is 0 Å². The molecular weight excluding hydrogens is 180 g/mol. The van der Waals surface area contributed by atoms with Gasteiger partial charge in [0.2, 0.25) is 5.91 Å². The molecule has 1 unspecified atom stereocenters. The summed E-state index contributed by atoms with van der Waals surface area (Å²) in [5, 5.41) is 10.9. The maximum Gasteiger partial charge on any atom is 0.249 e. The zero-order chi connectivity index (χ0) is 11.1. The molecule has 0 aliphatic rings. The number of carbonyl (C=O) groups is 1. The van der Waals surface area contributed by atoms with Crippen molar-refractivity contribution in [2.24, 2.45) is 0 Å². The van der Waals surface area contributed by atoms with Crippen LogP contribution in [0.25, 0.3) is 0 Å². The molecule has 0 saturated carbocycles. The Morgan fingerprint density at radius 2 is 2.00 bits per heavy atom. The summed E-state index contributed by atoms with van der Waals surface area (Å²) < 4.78 is 0. The fourth-order valence-electron chi connectivity index (χ4n) is 1.37. The van der Waals surface area contributed by atoms with Gasteiger partial charge in [-0.05, 0) is 20.0 Å². The van der Waals surface area contributed by atoms with Crippen LogP contribution in [0, 0.1) is 0 Å². The average Bonchev–Trinajstić information content (AvgIpc) is 2.18. The Hall–Kier alpha value is -0.870. The SMILES string of the molecule is C=C(C(=O)NCO)C(C)N(CC)CC. The highest BCUT2D eigenvalue weighted by Crippen LogP contribution is 2.07. The average molecular weight is 200 g/mol. The molecule has 0 fully saturated rings. The summed E-state index contributed by atoms with van der Waals surface area (Å²) in [7, 11) is 0. The van der Waals surface area contributed by atoms with E-state index in [4.69, 9.17) is 5.11 Å². The first kappa shape index (κ1) is 13.1. The maximum absolute atomic E-state index is 11.3. The summed E-state index contributed by atoms with van der Waals surface area (Å²) in [5.74, 6) is -0.285. The number of nitrogens with one attached hydrogen (secondary N) is 1. The summed E-state index contributed by atoms with van der Waals surface area (Å²) in [4.78, 5) is 13.4. The third-order valence-corrected chi connectivity index (χ3v) is 2.40. The molecule has 0 heterocycles. The summed E-state index contributed by atoms with van der Waals surface area (Å²) in [6.45, 7) is 11.2. The van der Waals surface area contributed by atoms with Crippen LogP contribution in [-0.4, -0.2) is 41.8 Å².